The first-order chi connectivity index (χ1) is 18.5. The maximum absolute atomic E-state index is 13.7. The predicted octanol–water partition coefficient (Wildman–Crippen LogP) is 1.17. The van der Waals surface area contributed by atoms with Gasteiger partial charge in [-0.15, -0.1) is 0 Å². The normalized spacial score (nSPS) is 23.5. The number of fused-ring (bicyclic) bond motifs is 1. The number of aliphatic hydroxyl groups is 2. The molecule has 1 aliphatic heterocycles. The summed E-state index contributed by atoms with van der Waals surface area (Å²) in [6.45, 7) is 4.33. The van der Waals surface area contributed by atoms with E-state index in [9.17, 15) is 19.6 Å². The number of nitrogens with two attached hydrogens (primary N) is 1. The summed E-state index contributed by atoms with van der Waals surface area (Å²) in [7, 11) is -2.83. The number of nitrogens with zero attached hydrogens (tertiary/aromatic N) is 4. The number of hydrogen-bond donors (Lipinski definition) is 4. The first-order valence-corrected chi connectivity index (χ1v) is 13.6. The van der Waals surface area contributed by atoms with Crippen LogP contribution >= 0.6 is 7.75 Å². The van der Waals surface area contributed by atoms with Gasteiger partial charge in [-0.25, -0.2) is 9.55 Å². The number of para-hydroxylation sites is 1. The van der Waals surface area contributed by atoms with Crippen LogP contribution in [0.5, 0.6) is 11.6 Å². The van der Waals surface area contributed by atoms with Gasteiger partial charge in [-0.2, -0.15) is 15.1 Å². The van der Waals surface area contributed by atoms with E-state index < -0.39 is 57.0 Å². The van der Waals surface area contributed by atoms with Crippen LogP contribution in [0.1, 0.15) is 27.0 Å². The Hall–Kier alpha value is -3.33. The molecule has 2 unspecified atom stereocenters. The number of methoxy groups -OCH3 is 1. The van der Waals surface area contributed by atoms with Gasteiger partial charge in [0, 0.05) is 0 Å². The third kappa shape index (κ3) is 6.46. The van der Waals surface area contributed by atoms with Gasteiger partial charge in [0.2, 0.25) is 11.8 Å². The Labute approximate surface area is 223 Å². The van der Waals surface area contributed by atoms with Crippen LogP contribution in [0.25, 0.3) is 11.2 Å². The van der Waals surface area contributed by atoms with E-state index in [1.54, 1.807) is 44.2 Å². The highest BCUT2D eigenvalue weighted by Gasteiger charge is 2.46. The van der Waals surface area contributed by atoms with Gasteiger partial charge in [0.05, 0.1) is 26.1 Å². The Kier molecular flexibility index (Phi) is 8.69. The van der Waals surface area contributed by atoms with E-state index in [0.29, 0.717) is 0 Å². The molecule has 0 radical (unpaired) electrons. The van der Waals surface area contributed by atoms with Crippen LogP contribution in [0.2, 0.25) is 0 Å². The van der Waals surface area contributed by atoms with Crippen molar-refractivity contribution in [1.29, 1.82) is 0 Å². The molecule has 1 fully saturated rings. The molecule has 1 aromatic carbocycles. The van der Waals surface area contributed by atoms with E-state index in [2.05, 4.69) is 20.0 Å². The second kappa shape index (κ2) is 11.8. The van der Waals surface area contributed by atoms with Crippen molar-refractivity contribution in [2.24, 2.45) is 0 Å². The van der Waals surface area contributed by atoms with E-state index >= 15 is 0 Å². The summed E-state index contributed by atoms with van der Waals surface area (Å²) in [4.78, 5) is 24.6. The minimum atomic E-state index is -4.23. The molecule has 3 heterocycles. The number of nitrogen functional groups attached to an aromatic ring is 1. The van der Waals surface area contributed by atoms with Gasteiger partial charge in [-0.3, -0.25) is 13.9 Å². The summed E-state index contributed by atoms with van der Waals surface area (Å²) in [6, 6.07) is 7.13. The van der Waals surface area contributed by atoms with Gasteiger partial charge in [0.25, 0.3) is 0 Å². The number of benzene rings is 1. The average molecular weight is 567 g/mol. The van der Waals surface area contributed by atoms with Crippen molar-refractivity contribution in [2.75, 3.05) is 19.5 Å². The summed E-state index contributed by atoms with van der Waals surface area (Å²) >= 11 is 0. The van der Waals surface area contributed by atoms with Crippen LogP contribution in [-0.2, 0) is 23.4 Å². The van der Waals surface area contributed by atoms with Crippen molar-refractivity contribution in [3.05, 3.63) is 36.7 Å². The Bertz CT molecular complexity index is 1340. The van der Waals surface area contributed by atoms with Crippen molar-refractivity contribution in [3.63, 3.8) is 0 Å². The number of anilines is 1. The largest absolute Gasteiger partial charge is 0.479 e. The van der Waals surface area contributed by atoms with E-state index in [0.717, 1.165) is 0 Å². The summed E-state index contributed by atoms with van der Waals surface area (Å²) < 4.78 is 42.5. The van der Waals surface area contributed by atoms with Crippen LogP contribution in [0.3, 0.4) is 0 Å². The van der Waals surface area contributed by atoms with Crippen LogP contribution in [-0.4, -0.2) is 79.9 Å². The Balaban J connectivity index is 1.52. The third-order valence-electron chi connectivity index (χ3n) is 5.65. The Morgan fingerprint density at radius 1 is 1.21 bits per heavy atom. The van der Waals surface area contributed by atoms with Crippen LogP contribution in [0.4, 0.5) is 5.95 Å². The van der Waals surface area contributed by atoms with Crippen molar-refractivity contribution in [1.82, 2.24) is 24.6 Å². The molecule has 1 saturated heterocycles. The molecule has 5 N–H and O–H groups in total. The lowest BCUT2D eigenvalue weighted by Gasteiger charge is -2.25. The minimum Gasteiger partial charge on any atom is -0.479 e. The van der Waals surface area contributed by atoms with Gasteiger partial charge in [0.15, 0.2) is 17.4 Å². The molecular weight excluding hydrogens is 535 g/mol. The lowest BCUT2D eigenvalue weighted by atomic mass is 10.1. The van der Waals surface area contributed by atoms with Crippen LogP contribution in [0.15, 0.2) is 36.7 Å². The first kappa shape index (κ1) is 28.7. The SMILES string of the molecule is COc1nc(N)nc2c1ncn2[C@@H]1OC(COP(=O)(N[C@H](C)C(=O)OC(C)C)Oc2ccccc2)[C@@H](O)[C@@H]1O. The molecule has 4 rings (SSSR count). The van der Waals surface area contributed by atoms with Gasteiger partial charge < -0.3 is 34.7 Å². The van der Waals surface area contributed by atoms with E-state index in [1.165, 1.54) is 24.9 Å². The fourth-order valence-corrected chi connectivity index (χ4v) is 5.34. The number of nitrogens with one attached hydrogen (secondary N) is 1. The molecule has 0 spiro atoms. The predicted molar refractivity (Wildman–Crippen MR) is 137 cm³/mol. The Morgan fingerprint density at radius 3 is 2.59 bits per heavy atom. The summed E-state index contributed by atoms with van der Waals surface area (Å²) in [6.07, 6.45) is -4.27. The van der Waals surface area contributed by atoms with Gasteiger partial charge >= 0.3 is 13.7 Å². The van der Waals surface area contributed by atoms with Crippen molar-refractivity contribution >= 4 is 30.8 Å². The van der Waals surface area contributed by atoms with Crippen molar-refractivity contribution in [2.45, 2.75) is 57.5 Å². The molecule has 39 heavy (non-hydrogen) atoms. The highest BCUT2D eigenvalue weighted by atomic mass is 31.2. The summed E-state index contributed by atoms with van der Waals surface area (Å²) in [5, 5.41) is 24.0. The summed E-state index contributed by atoms with van der Waals surface area (Å²) in [5.41, 5.74) is 6.23. The molecule has 3 aromatic rings. The number of rotatable bonds is 11. The molecule has 212 valence electrons. The number of imidazole rings is 1. The zero-order chi connectivity index (χ0) is 28.3. The number of ether oxygens (including phenoxy) is 3. The number of aromatic nitrogens is 4. The quantitative estimate of drug-likeness (QED) is 0.190. The zero-order valence-electron chi connectivity index (χ0n) is 21.7. The highest BCUT2D eigenvalue weighted by Crippen LogP contribution is 2.46. The minimum absolute atomic E-state index is 0.0933. The number of carbonyl (C=O) groups is 1. The average Bonchev–Trinajstić information content (AvgIpc) is 3.42. The van der Waals surface area contributed by atoms with E-state index in [4.69, 9.17) is 29.0 Å². The standard InChI is InChI=1S/C23H31N6O9P/c1-12(2)36-22(32)13(3)28-39(33,38-14-8-6-5-7-9-14)35-10-15-17(30)18(31)21(37-15)29-11-25-16-19(29)26-23(24)27-20(16)34-4/h5-9,11-13,15,17-18,21,30-31H,10H2,1-4H3,(H,28,33)(H2,24,26,27)/t13-,15?,17-,18+,21-,39?/m1/s1. The second-order valence-electron chi connectivity index (χ2n) is 9.00. The van der Waals surface area contributed by atoms with Gasteiger partial charge in [-0.05, 0) is 32.9 Å². The topological polar surface area (TPSA) is 202 Å². The van der Waals surface area contributed by atoms with Crippen LogP contribution < -0.4 is 20.1 Å². The number of carbonyl (C=O) groups excluding carboxylic acids is 1. The van der Waals surface area contributed by atoms with Gasteiger partial charge in [0.1, 0.15) is 30.1 Å². The maximum Gasteiger partial charge on any atom is 0.459 e. The maximum atomic E-state index is 13.7. The lowest BCUT2D eigenvalue weighted by molar-refractivity contribution is -0.149. The highest BCUT2D eigenvalue weighted by molar-refractivity contribution is 7.52. The molecule has 0 bridgehead atoms. The lowest BCUT2D eigenvalue weighted by Crippen LogP contribution is -2.38. The molecular formula is C23H31N6O9P. The zero-order valence-corrected chi connectivity index (χ0v) is 22.6. The number of aliphatic hydroxyl groups excluding tert-OH is 2. The Morgan fingerprint density at radius 2 is 1.92 bits per heavy atom. The third-order valence-corrected chi connectivity index (χ3v) is 7.29. The fourth-order valence-electron chi connectivity index (χ4n) is 3.84. The molecule has 1 aliphatic rings. The van der Waals surface area contributed by atoms with E-state index in [-0.39, 0.29) is 28.7 Å². The molecule has 0 amide bonds. The van der Waals surface area contributed by atoms with E-state index in [1.807, 2.05) is 0 Å². The molecule has 16 heteroatoms. The molecule has 0 aliphatic carbocycles. The first-order valence-electron chi connectivity index (χ1n) is 12.0. The number of hydrogen-bond acceptors (Lipinski definition) is 13. The molecule has 2 aromatic heterocycles. The van der Waals surface area contributed by atoms with Gasteiger partial charge in [-0.1, -0.05) is 18.2 Å². The number of esters is 1. The molecule has 0 saturated carbocycles. The smallest absolute Gasteiger partial charge is 0.459 e. The monoisotopic (exact) mass is 566 g/mol. The molecule has 6 atom stereocenters. The molecule has 15 nitrogen and oxygen atoms in total. The second-order valence-corrected chi connectivity index (χ2v) is 10.7. The van der Waals surface area contributed by atoms with Crippen molar-refractivity contribution in [3.8, 4) is 11.6 Å². The summed E-state index contributed by atoms with van der Waals surface area (Å²) in [5.74, 6) is -0.426. The van der Waals surface area contributed by atoms with Crippen molar-refractivity contribution < 1.29 is 42.8 Å². The fraction of sp³-hybridized carbons (Fsp3) is 0.478. The van der Waals surface area contributed by atoms with Crippen LogP contribution in [0, 0.1) is 0 Å².